The highest BCUT2D eigenvalue weighted by Crippen LogP contribution is 2.34. The smallest absolute Gasteiger partial charge is 0.319 e. The van der Waals surface area contributed by atoms with E-state index in [2.05, 4.69) is 42.7 Å². The summed E-state index contributed by atoms with van der Waals surface area (Å²) in [5.74, 6) is 0.452. The summed E-state index contributed by atoms with van der Waals surface area (Å²) in [5, 5.41) is 15.2. The van der Waals surface area contributed by atoms with E-state index in [1.165, 1.54) is 5.56 Å². The van der Waals surface area contributed by atoms with Crippen LogP contribution in [-0.2, 0) is 0 Å². The molecular formula is C18H23N3O. The number of hydrogen-bond donors (Lipinski definition) is 2. The Kier molecular flexibility index (Phi) is 4.27. The third-order valence-corrected chi connectivity index (χ3v) is 3.88. The van der Waals surface area contributed by atoms with E-state index < -0.39 is 6.04 Å². The molecule has 1 aromatic rings. The Balaban J connectivity index is 2.48. The molecule has 0 aromatic heterocycles. The van der Waals surface area contributed by atoms with E-state index in [4.69, 9.17) is 0 Å². The van der Waals surface area contributed by atoms with Gasteiger partial charge in [-0.1, -0.05) is 58.9 Å². The summed E-state index contributed by atoms with van der Waals surface area (Å²) in [7, 11) is 0. The van der Waals surface area contributed by atoms with Crippen molar-refractivity contribution in [3.63, 3.8) is 0 Å². The molecule has 22 heavy (non-hydrogen) atoms. The van der Waals surface area contributed by atoms with Crippen LogP contribution in [0.25, 0.3) is 0 Å². The Bertz CT molecular complexity index is 642. The summed E-state index contributed by atoms with van der Waals surface area (Å²) >= 11 is 0. The molecule has 4 heteroatoms. The molecule has 0 fully saturated rings. The van der Waals surface area contributed by atoms with Crippen LogP contribution in [0.2, 0.25) is 0 Å². The molecule has 0 saturated carbocycles. The number of nitrogens with one attached hydrogen (secondary N) is 2. The standard InChI is InChI=1S/C18H23N3O/c1-11(2)12-6-8-13(9-7-12)15-14(10-19)16(18(3,4)5)21-17(22)20-15/h6-9,11,15H,1-5H3,(H2,20,21,22)/t15-/m0/s1. The molecule has 0 spiro atoms. The molecule has 4 nitrogen and oxygen atoms in total. The molecule has 2 amide bonds. The van der Waals surface area contributed by atoms with Gasteiger partial charge in [-0.15, -0.1) is 0 Å². The van der Waals surface area contributed by atoms with Crippen molar-refractivity contribution in [2.24, 2.45) is 5.41 Å². The van der Waals surface area contributed by atoms with Crippen LogP contribution in [0.1, 0.15) is 57.7 Å². The highest BCUT2D eigenvalue weighted by molar-refractivity contribution is 5.80. The number of nitriles is 1. The molecule has 2 rings (SSSR count). The van der Waals surface area contributed by atoms with Gasteiger partial charge in [0.25, 0.3) is 0 Å². The van der Waals surface area contributed by atoms with Crippen LogP contribution in [0, 0.1) is 16.7 Å². The van der Waals surface area contributed by atoms with Crippen LogP contribution in [0.15, 0.2) is 35.5 Å². The Labute approximate surface area is 132 Å². The first kappa shape index (κ1) is 16.1. The second kappa shape index (κ2) is 5.84. The van der Waals surface area contributed by atoms with Crippen LogP contribution >= 0.6 is 0 Å². The fourth-order valence-corrected chi connectivity index (χ4v) is 2.60. The fraction of sp³-hybridized carbons (Fsp3) is 0.444. The maximum Gasteiger partial charge on any atom is 0.319 e. The lowest BCUT2D eigenvalue weighted by molar-refractivity contribution is 0.235. The number of amides is 2. The van der Waals surface area contributed by atoms with E-state index in [1.807, 2.05) is 32.9 Å². The number of nitrogens with zero attached hydrogens (tertiary/aromatic N) is 1. The summed E-state index contributed by atoms with van der Waals surface area (Å²) in [5.41, 5.74) is 3.14. The van der Waals surface area contributed by atoms with Crippen LogP contribution < -0.4 is 10.6 Å². The van der Waals surface area contributed by atoms with E-state index >= 15 is 0 Å². The topological polar surface area (TPSA) is 64.9 Å². The first-order valence-electron chi connectivity index (χ1n) is 7.56. The SMILES string of the molecule is CC(C)c1ccc([C@@H]2NC(=O)NC(C(C)(C)C)=C2C#N)cc1. The molecule has 0 bridgehead atoms. The molecule has 0 saturated heterocycles. The molecule has 1 heterocycles. The minimum absolute atomic E-state index is 0.262. The maximum atomic E-state index is 12.0. The maximum absolute atomic E-state index is 12.0. The Hall–Kier alpha value is -2.28. The van der Waals surface area contributed by atoms with Gasteiger partial charge < -0.3 is 10.6 Å². The lowest BCUT2D eigenvalue weighted by Crippen LogP contribution is -2.46. The predicted octanol–water partition coefficient (Wildman–Crippen LogP) is 3.99. The van der Waals surface area contributed by atoms with Crippen LogP contribution in [0.5, 0.6) is 0 Å². The average molecular weight is 297 g/mol. The first-order valence-corrected chi connectivity index (χ1v) is 7.56. The van der Waals surface area contributed by atoms with Crippen molar-refractivity contribution in [3.8, 4) is 6.07 Å². The molecule has 1 atom stereocenters. The molecule has 116 valence electrons. The zero-order chi connectivity index (χ0) is 16.5. The molecule has 0 aliphatic carbocycles. The lowest BCUT2D eigenvalue weighted by Gasteiger charge is -2.33. The van der Waals surface area contributed by atoms with Crippen molar-refractivity contribution in [1.82, 2.24) is 10.6 Å². The zero-order valence-electron chi connectivity index (χ0n) is 13.8. The summed E-state index contributed by atoms with van der Waals surface area (Å²) in [6.07, 6.45) is 0. The zero-order valence-corrected chi connectivity index (χ0v) is 13.8. The van der Waals surface area contributed by atoms with E-state index in [0.717, 1.165) is 5.56 Å². The second-order valence-corrected chi connectivity index (χ2v) is 7.00. The molecule has 2 N–H and O–H groups in total. The number of hydrogen-bond acceptors (Lipinski definition) is 2. The van der Waals surface area contributed by atoms with Gasteiger partial charge in [-0.05, 0) is 17.0 Å². The van der Waals surface area contributed by atoms with E-state index in [1.54, 1.807) is 0 Å². The van der Waals surface area contributed by atoms with Gasteiger partial charge >= 0.3 is 6.03 Å². The molecule has 1 aromatic carbocycles. The van der Waals surface area contributed by atoms with Gasteiger partial charge in [0.05, 0.1) is 17.7 Å². The third kappa shape index (κ3) is 3.14. The summed E-state index contributed by atoms with van der Waals surface area (Å²) in [6, 6.07) is 9.70. The fourth-order valence-electron chi connectivity index (χ4n) is 2.60. The first-order chi connectivity index (χ1) is 10.2. The highest BCUT2D eigenvalue weighted by atomic mass is 16.2. The Morgan fingerprint density at radius 3 is 2.23 bits per heavy atom. The highest BCUT2D eigenvalue weighted by Gasteiger charge is 2.33. The molecule has 0 unspecified atom stereocenters. The number of carbonyl (C=O) groups excluding carboxylic acids is 1. The van der Waals surface area contributed by atoms with E-state index in [0.29, 0.717) is 17.2 Å². The normalized spacial score (nSPS) is 18.8. The van der Waals surface area contributed by atoms with Crippen molar-refractivity contribution in [3.05, 3.63) is 46.7 Å². The Morgan fingerprint density at radius 1 is 1.18 bits per heavy atom. The number of benzene rings is 1. The van der Waals surface area contributed by atoms with E-state index in [-0.39, 0.29) is 11.4 Å². The largest absolute Gasteiger partial charge is 0.326 e. The van der Waals surface area contributed by atoms with Gasteiger partial charge in [-0.25, -0.2) is 4.79 Å². The lowest BCUT2D eigenvalue weighted by atomic mass is 9.84. The van der Waals surface area contributed by atoms with Gasteiger partial charge in [0.15, 0.2) is 0 Å². The molecular weight excluding hydrogens is 274 g/mol. The monoisotopic (exact) mass is 297 g/mol. The van der Waals surface area contributed by atoms with Crippen molar-refractivity contribution >= 4 is 6.03 Å². The summed E-state index contributed by atoms with van der Waals surface area (Å²) in [4.78, 5) is 12.0. The van der Waals surface area contributed by atoms with Crippen molar-refractivity contribution in [2.75, 3.05) is 0 Å². The van der Waals surface area contributed by atoms with Gasteiger partial charge in [-0.2, -0.15) is 5.26 Å². The quantitative estimate of drug-likeness (QED) is 0.867. The van der Waals surface area contributed by atoms with Gasteiger partial charge in [0, 0.05) is 11.1 Å². The van der Waals surface area contributed by atoms with Crippen molar-refractivity contribution in [1.29, 1.82) is 5.26 Å². The number of allylic oxidation sites excluding steroid dienone is 1. The average Bonchev–Trinajstić information content (AvgIpc) is 2.45. The summed E-state index contributed by atoms with van der Waals surface area (Å²) < 4.78 is 0. The van der Waals surface area contributed by atoms with Gasteiger partial charge in [-0.3, -0.25) is 0 Å². The minimum Gasteiger partial charge on any atom is -0.326 e. The van der Waals surface area contributed by atoms with Crippen LogP contribution in [-0.4, -0.2) is 6.03 Å². The van der Waals surface area contributed by atoms with Crippen LogP contribution in [0.4, 0.5) is 4.79 Å². The number of rotatable bonds is 2. The van der Waals surface area contributed by atoms with Gasteiger partial charge in [0.2, 0.25) is 0 Å². The van der Waals surface area contributed by atoms with Crippen LogP contribution in [0.3, 0.4) is 0 Å². The second-order valence-electron chi connectivity index (χ2n) is 7.00. The predicted molar refractivity (Wildman–Crippen MR) is 87.0 cm³/mol. The van der Waals surface area contributed by atoms with Crippen molar-refractivity contribution < 1.29 is 4.79 Å². The molecule has 1 aliphatic rings. The van der Waals surface area contributed by atoms with E-state index in [9.17, 15) is 10.1 Å². The molecule has 1 aliphatic heterocycles. The van der Waals surface area contributed by atoms with Crippen molar-refractivity contribution in [2.45, 2.75) is 46.6 Å². The number of urea groups is 1. The Morgan fingerprint density at radius 2 is 1.77 bits per heavy atom. The number of carbonyl (C=O) groups is 1. The minimum atomic E-state index is -0.394. The van der Waals surface area contributed by atoms with Gasteiger partial charge in [0.1, 0.15) is 0 Å². The third-order valence-electron chi connectivity index (χ3n) is 3.88. The summed E-state index contributed by atoms with van der Waals surface area (Å²) in [6.45, 7) is 10.2. The molecule has 0 radical (unpaired) electrons.